The number of aliphatic hydroxyl groups excluding tert-OH is 1. The van der Waals surface area contributed by atoms with Crippen LogP contribution in [0.1, 0.15) is 325 Å². The van der Waals surface area contributed by atoms with Crippen LogP contribution in [0.2, 0.25) is 0 Å². The van der Waals surface area contributed by atoms with Crippen LogP contribution in [-0.4, -0.2) is 96.7 Å². The lowest BCUT2D eigenvalue weighted by atomic mass is 9.99. The molecular formula is C67H130O17P2. The van der Waals surface area contributed by atoms with Crippen molar-refractivity contribution in [2.45, 2.75) is 343 Å². The van der Waals surface area contributed by atoms with E-state index in [0.717, 1.165) is 114 Å². The molecule has 6 atom stereocenters. The number of hydrogen-bond acceptors (Lipinski definition) is 15. The molecule has 0 aliphatic carbocycles. The van der Waals surface area contributed by atoms with E-state index in [2.05, 4.69) is 55.4 Å². The maximum Gasteiger partial charge on any atom is 0.472 e. The predicted molar refractivity (Wildman–Crippen MR) is 344 cm³/mol. The SMILES string of the molecule is CCC(C)CCCCCCCCCCCCC(=O)O[C@H](COC(=O)CCCCCCCCCCC(C)C)COP(=O)(O)OCC(O)COP(=O)(O)OC[C@@H](COC(=O)CCCCCCCCC(C)C)OC(=O)CCCCCCCCCCCC(C)C. The van der Waals surface area contributed by atoms with Gasteiger partial charge >= 0.3 is 39.5 Å². The van der Waals surface area contributed by atoms with Gasteiger partial charge in [0.25, 0.3) is 0 Å². The van der Waals surface area contributed by atoms with E-state index in [0.29, 0.717) is 31.6 Å². The molecule has 0 saturated heterocycles. The number of phosphoric ester groups is 2. The summed E-state index contributed by atoms with van der Waals surface area (Å²) in [6.07, 6.45) is 37.7. The molecule has 0 bridgehead atoms. The van der Waals surface area contributed by atoms with Gasteiger partial charge in [-0.2, -0.15) is 0 Å². The minimum Gasteiger partial charge on any atom is -0.462 e. The van der Waals surface area contributed by atoms with Crippen LogP contribution < -0.4 is 0 Å². The predicted octanol–water partition coefficient (Wildman–Crippen LogP) is 18.5. The topological polar surface area (TPSA) is 237 Å². The van der Waals surface area contributed by atoms with Crippen LogP contribution in [0.4, 0.5) is 0 Å². The Morgan fingerprint density at radius 2 is 0.558 bits per heavy atom. The van der Waals surface area contributed by atoms with E-state index in [1.165, 1.54) is 122 Å². The standard InChI is InChI=1S/C67H130O17P2/c1-9-60(8)46-38-30-21-14-10-11-15-23-33-41-49-66(71)83-62(53-77-64(69)47-39-31-22-18-17-20-28-36-44-58(4)5)55-81-85(73,74)79-51-61(68)52-80-86(75,76)82-56-63(54-78-65(70)48-40-32-26-25-29-37-45-59(6)7)84-67(72)50-42-34-24-16-12-13-19-27-35-43-57(2)3/h57-63,68H,9-56H2,1-8H3,(H,73,74)(H,75,76)/t60?,61?,62-,63-/m1/s1. The van der Waals surface area contributed by atoms with Gasteiger partial charge in [-0.25, -0.2) is 9.13 Å². The van der Waals surface area contributed by atoms with Crippen molar-refractivity contribution in [2.75, 3.05) is 39.6 Å². The Balaban J connectivity index is 5.26. The fourth-order valence-electron chi connectivity index (χ4n) is 9.93. The molecule has 0 spiro atoms. The third-order valence-electron chi connectivity index (χ3n) is 15.7. The van der Waals surface area contributed by atoms with E-state index in [1.54, 1.807) is 0 Å². The van der Waals surface area contributed by atoms with E-state index < -0.39 is 97.5 Å². The van der Waals surface area contributed by atoms with Gasteiger partial charge in [-0.15, -0.1) is 0 Å². The average Bonchev–Trinajstić information content (AvgIpc) is 3.66. The molecule has 0 amide bonds. The molecule has 0 aliphatic heterocycles. The summed E-state index contributed by atoms with van der Waals surface area (Å²) in [5.41, 5.74) is 0. The fraction of sp³-hybridized carbons (Fsp3) is 0.940. The largest absolute Gasteiger partial charge is 0.472 e. The second-order valence-electron chi connectivity index (χ2n) is 25.9. The van der Waals surface area contributed by atoms with Gasteiger partial charge in [0.15, 0.2) is 12.2 Å². The molecule has 0 saturated carbocycles. The van der Waals surface area contributed by atoms with Crippen LogP contribution in [0.5, 0.6) is 0 Å². The number of carbonyl (C=O) groups is 4. The molecule has 0 aromatic rings. The van der Waals surface area contributed by atoms with Gasteiger partial charge in [0.2, 0.25) is 0 Å². The summed E-state index contributed by atoms with van der Waals surface area (Å²) < 4.78 is 68.1. The minimum atomic E-state index is -4.95. The van der Waals surface area contributed by atoms with Gasteiger partial charge in [-0.3, -0.25) is 37.3 Å². The van der Waals surface area contributed by atoms with Crippen LogP contribution in [0.3, 0.4) is 0 Å². The molecule has 4 unspecified atom stereocenters. The first kappa shape index (κ1) is 84.1. The molecule has 0 aromatic carbocycles. The number of ether oxygens (including phenoxy) is 4. The summed E-state index contributed by atoms with van der Waals surface area (Å²) in [5.74, 6) is 0.809. The first-order valence-corrected chi connectivity index (χ1v) is 37.7. The van der Waals surface area contributed by atoms with Gasteiger partial charge in [0.05, 0.1) is 26.4 Å². The van der Waals surface area contributed by atoms with Crippen LogP contribution in [-0.2, 0) is 65.4 Å². The van der Waals surface area contributed by atoms with Crippen LogP contribution in [0.25, 0.3) is 0 Å². The van der Waals surface area contributed by atoms with Gasteiger partial charge < -0.3 is 33.8 Å². The van der Waals surface area contributed by atoms with E-state index in [1.807, 2.05) is 0 Å². The Hall–Kier alpha value is -1.94. The monoisotopic (exact) mass is 1270 g/mol. The lowest BCUT2D eigenvalue weighted by Gasteiger charge is -2.21. The number of unbranched alkanes of at least 4 members (excludes halogenated alkanes) is 29. The van der Waals surface area contributed by atoms with Crippen molar-refractivity contribution in [3.63, 3.8) is 0 Å². The molecule has 0 fully saturated rings. The molecule has 86 heavy (non-hydrogen) atoms. The van der Waals surface area contributed by atoms with E-state index in [9.17, 15) is 43.2 Å². The lowest BCUT2D eigenvalue weighted by molar-refractivity contribution is -0.161. The molecular weight excluding hydrogens is 1140 g/mol. The molecule has 3 N–H and O–H groups in total. The Bertz CT molecular complexity index is 1720. The molecule has 0 heterocycles. The summed E-state index contributed by atoms with van der Waals surface area (Å²) in [5, 5.41) is 10.6. The Labute approximate surface area is 524 Å². The zero-order valence-corrected chi connectivity index (χ0v) is 57.7. The van der Waals surface area contributed by atoms with E-state index in [4.69, 9.17) is 37.0 Å². The first-order valence-electron chi connectivity index (χ1n) is 34.7. The third-order valence-corrected chi connectivity index (χ3v) is 17.6. The van der Waals surface area contributed by atoms with Crippen LogP contribution >= 0.6 is 15.6 Å². The first-order chi connectivity index (χ1) is 41.1. The maximum absolute atomic E-state index is 13.0. The number of carbonyl (C=O) groups excluding carboxylic acids is 4. The molecule has 0 aromatic heterocycles. The molecule has 0 rings (SSSR count). The molecule has 0 aliphatic rings. The maximum atomic E-state index is 13.0. The highest BCUT2D eigenvalue weighted by molar-refractivity contribution is 7.47. The van der Waals surface area contributed by atoms with Gasteiger partial charge in [-0.05, 0) is 49.4 Å². The van der Waals surface area contributed by atoms with Crippen molar-refractivity contribution in [3.8, 4) is 0 Å². The number of phosphoric acid groups is 2. The lowest BCUT2D eigenvalue weighted by Crippen LogP contribution is -2.30. The highest BCUT2D eigenvalue weighted by Gasteiger charge is 2.30. The zero-order chi connectivity index (χ0) is 63.9. The highest BCUT2D eigenvalue weighted by atomic mass is 31.2. The highest BCUT2D eigenvalue weighted by Crippen LogP contribution is 2.45. The average molecular weight is 1270 g/mol. The van der Waals surface area contributed by atoms with Crippen molar-refractivity contribution in [1.29, 1.82) is 0 Å². The number of esters is 4. The summed E-state index contributed by atoms with van der Waals surface area (Å²) in [7, 11) is -9.90. The van der Waals surface area contributed by atoms with Crippen molar-refractivity contribution in [1.82, 2.24) is 0 Å². The van der Waals surface area contributed by atoms with Crippen molar-refractivity contribution in [3.05, 3.63) is 0 Å². The molecule has 19 heteroatoms. The smallest absolute Gasteiger partial charge is 0.462 e. The van der Waals surface area contributed by atoms with E-state index >= 15 is 0 Å². The number of rotatable bonds is 64. The second kappa shape index (κ2) is 57.0. The molecule has 17 nitrogen and oxygen atoms in total. The summed E-state index contributed by atoms with van der Waals surface area (Å²) >= 11 is 0. The summed E-state index contributed by atoms with van der Waals surface area (Å²) in [6, 6.07) is 0. The quantitative estimate of drug-likeness (QED) is 0.0222. The Morgan fingerprint density at radius 1 is 0.326 bits per heavy atom. The minimum absolute atomic E-state index is 0.104. The van der Waals surface area contributed by atoms with Gasteiger partial charge in [-0.1, -0.05) is 274 Å². The number of hydrogen-bond donors (Lipinski definition) is 3. The van der Waals surface area contributed by atoms with Crippen molar-refractivity contribution >= 4 is 39.5 Å². The third kappa shape index (κ3) is 59.7. The summed E-state index contributed by atoms with van der Waals surface area (Å²) in [4.78, 5) is 72.4. The normalized spacial score (nSPS) is 14.7. The molecule has 0 radical (unpaired) electrons. The number of aliphatic hydroxyl groups is 1. The Morgan fingerprint density at radius 3 is 0.826 bits per heavy atom. The summed E-state index contributed by atoms with van der Waals surface area (Å²) in [6.45, 7) is 14.0. The van der Waals surface area contributed by atoms with Gasteiger partial charge in [0.1, 0.15) is 19.3 Å². The Kier molecular flexibility index (Phi) is 55.7. The fourth-order valence-corrected chi connectivity index (χ4v) is 11.5. The zero-order valence-electron chi connectivity index (χ0n) is 55.9. The van der Waals surface area contributed by atoms with Crippen molar-refractivity contribution < 1.29 is 80.2 Å². The van der Waals surface area contributed by atoms with Crippen LogP contribution in [0, 0.1) is 23.7 Å². The second-order valence-corrected chi connectivity index (χ2v) is 28.8. The van der Waals surface area contributed by atoms with Crippen LogP contribution in [0.15, 0.2) is 0 Å². The van der Waals surface area contributed by atoms with Gasteiger partial charge in [0, 0.05) is 25.7 Å². The van der Waals surface area contributed by atoms with E-state index in [-0.39, 0.29) is 25.7 Å². The van der Waals surface area contributed by atoms with Crippen molar-refractivity contribution in [2.24, 2.45) is 23.7 Å². The molecule has 510 valence electrons.